The molecule has 1 unspecified atom stereocenters. The quantitative estimate of drug-likeness (QED) is 0.750. The largest absolute Gasteiger partial charge is 0.439 e. The fourth-order valence-electron chi connectivity index (χ4n) is 1.90. The maximum absolute atomic E-state index is 12.0. The zero-order valence-corrected chi connectivity index (χ0v) is 14.4. The van der Waals surface area contributed by atoms with E-state index in [1.165, 1.54) is 18.3 Å². The predicted octanol–water partition coefficient (Wildman–Crippen LogP) is 3.23. The number of pyridine rings is 1. The number of hydrogen-bond donors (Lipinski definition) is 2. The van der Waals surface area contributed by atoms with Gasteiger partial charge in [0.25, 0.3) is 5.91 Å². The molecule has 1 heterocycles. The van der Waals surface area contributed by atoms with Gasteiger partial charge in [-0.05, 0) is 42.7 Å². The molecule has 0 aliphatic carbocycles. The first-order valence-electron chi connectivity index (χ1n) is 7.58. The first-order valence-corrected chi connectivity index (χ1v) is 8.69. The number of carbonyl (C=O) groups is 1. The summed E-state index contributed by atoms with van der Waals surface area (Å²) in [5.41, 5.74) is 0.470. The van der Waals surface area contributed by atoms with Gasteiger partial charge < -0.3 is 14.6 Å². The number of ether oxygens (including phenoxy) is 1. The monoisotopic (exact) mass is 348 g/mol. The molecule has 0 aliphatic rings. The Bertz CT molecular complexity index is 700. The fraction of sp³-hybridized carbons (Fsp3) is 0.294. The van der Waals surface area contributed by atoms with Crippen molar-refractivity contribution in [1.82, 2.24) is 10.3 Å². The van der Waals surface area contributed by atoms with Gasteiger partial charge in [0.15, 0.2) is 11.1 Å². The van der Waals surface area contributed by atoms with Crippen LogP contribution in [-0.2, 0) is 11.1 Å². The summed E-state index contributed by atoms with van der Waals surface area (Å²) in [5.74, 6) is 1.20. The molecule has 24 heavy (non-hydrogen) atoms. The molecule has 0 aliphatic heterocycles. The Morgan fingerprint density at radius 3 is 2.50 bits per heavy atom. The summed E-state index contributed by atoms with van der Waals surface area (Å²) < 4.78 is 25.4. The molecular weight excluding hydrogens is 328 g/mol. The van der Waals surface area contributed by atoms with Gasteiger partial charge in [0.2, 0.25) is 5.88 Å². The highest BCUT2D eigenvalue weighted by Crippen LogP contribution is 2.20. The number of aromatic nitrogens is 1. The van der Waals surface area contributed by atoms with E-state index in [9.17, 15) is 9.00 Å². The van der Waals surface area contributed by atoms with Gasteiger partial charge in [-0.2, -0.15) is 0 Å². The van der Waals surface area contributed by atoms with Gasteiger partial charge in [-0.1, -0.05) is 13.8 Å². The van der Waals surface area contributed by atoms with Crippen LogP contribution in [-0.4, -0.2) is 26.2 Å². The Hall–Kier alpha value is -2.25. The molecule has 7 heteroatoms. The van der Waals surface area contributed by atoms with Gasteiger partial charge in [0, 0.05) is 18.8 Å². The average Bonchev–Trinajstić information content (AvgIpc) is 2.55. The van der Waals surface area contributed by atoms with Crippen molar-refractivity contribution in [2.24, 2.45) is 5.92 Å². The van der Waals surface area contributed by atoms with Crippen LogP contribution in [0.1, 0.15) is 30.6 Å². The second-order valence-corrected chi connectivity index (χ2v) is 6.62. The molecule has 0 bridgehead atoms. The predicted molar refractivity (Wildman–Crippen MR) is 91.6 cm³/mol. The van der Waals surface area contributed by atoms with Crippen LogP contribution in [0.25, 0.3) is 0 Å². The zero-order valence-electron chi connectivity index (χ0n) is 13.6. The van der Waals surface area contributed by atoms with Crippen LogP contribution in [0.4, 0.5) is 0 Å². The molecule has 6 nitrogen and oxygen atoms in total. The first-order chi connectivity index (χ1) is 11.5. The molecule has 1 aromatic heterocycles. The van der Waals surface area contributed by atoms with Gasteiger partial charge in [0.05, 0.1) is 10.5 Å². The third kappa shape index (κ3) is 5.43. The topological polar surface area (TPSA) is 88.5 Å². The van der Waals surface area contributed by atoms with Crippen LogP contribution in [0, 0.1) is 5.92 Å². The molecule has 0 saturated heterocycles. The molecule has 0 spiro atoms. The molecule has 0 saturated carbocycles. The van der Waals surface area contributed by atoms with Crippen LogP contribution in [0.5, 0.6) is 11.6 Å². The second-order valence-electron chi connectivity index (χ2n) is 5.65. The number of benzene rings is 1. The number of amides is 1. The zero-order chi connectivity index (χ0) is 17.5. The van der Waals surface area contributed by atoms with Gasteiger partial charge >= 0.3 is 0 Å². The Morgan fingerprint density at radius 1 is 1.25 bits per heavy atom. The standard InChI is InChI=1S/C17H20N2O4S/c1-12(2)9-10-18-17(20)13-3-8-16(19-11-13)23-14-4-6-15(7-5-14)24(21)22/h3-8,11-12H,9-10H2,1-2H3,(H,18,20)(H,21,22). The first kappa shape index (κ1) is 18.1. The van der Waals surface area contributed by atoms with Crippen molar-refractivity contribution in [3.05, 3.63) is 48.2 Å². The van der Waals surface area contributed by atoms with E-state index in [0.717, 1.165) is 6.42 Å². The maximum atomic E-state index is 12.0. The average molecular weight is 348 g/mol. The van der Waals surface area contributed by atoms with Gasteiger partial charge in [-0.15, -0.1) is 0 Å². The summed E-state index contributed by atoms with van der Waals surface area (Å²) in [5, 5.41) is 2.84. The Kier molecular flexibility index (Phi) is 6.45. The number of carbonyl (C=O) groups excluding carboxylic acids is 1. The lowest BCUT2D eigenvalue weighted by molar-refractivity contribution is 0.0951. The molecule has 0 fully saturated rings. The van der Waals surface area contributed by atoms with Gasteiger partial charge in [0.1, 0.15) is 5.75 Å². The van der Waals surface area contributed by atoms with E-state index in [0.29, 0.717) is 34.6 Å². The fourth-order valence-corrected chi connectivity index (χ4v) is 2.27. The third-order valence-electron chi connectivity index (χ3n) is 3.25. The minimum Gasteiger partial charge on any atom is -0.439 e. The summed E-state index contributed by atoms with van der Waals surface area (Å²) >= 11 is -2.01. The summed E-state index contributed by atoms with van der Waals surface area (Å²) in [7, 11) is 0. The van der Waals surface area contributed by atoms with Crippen molar-refractivity contribution in [3.8, 4) is 11.6 Å². The van der Waals surface area contributed by atoms with Crippen LogP contribution in [0.2, 0.25) is 0 Å². The molecule has 2 aromatic rings. The minimum absolute atomic E-state index is 0.163. The van der Waals surface area contributed by atoms with Crippen LogP contribution < -0.4 is 10.1 Å². The van der Waals surface area contributed by atoms with E-state index in [4.69, 9.17) is 9.29 Å². The number of hydrogen-bond acceptors (Lipinski definition) is 4. The second kappa shape index (κ2) is 8.56. The SMILES string of the molecule is CC(C)CCNC(=O)c1ccc(Oc2ccc(S(=O)O)cc2)nc1. The lowest BCUT2D eigenvalue weighted by Crippen LogP contribution is -2.25. The number of nitrogens with zero attached hydrogens (tertiary/aromatic N) is 1. The van der Waals surface area contributed by atoms with Crippen molar-refractivity contribution in [3.63, 3.8) is 0 Å². The van der Waals surface area contributed by atoms with E-state index >= 15 is 0 Å². The normalized spacial score (nSPS) is 12.0. The van der Waals surface area contributed by atoms with E-state index in [2.05, 4.69) is 24.1 Å². The minimum atomic E-state index is -2.01. The Morgan fingerprint density at radius 2 is 1.96 bits per heavy atom. The van der Waals surface area contributed by atoms with Crippen molar-refractivity contribution < 1.29 is 18.3 Å². The van der Waals surface area contributed by atoms with Crippen LogP contribution >= 0.6 is 0 Å². The van der Waals surface area contributed by atoms with Crippen LogP contribution in [0.15, 0.2) is 47.5 Å². The van der Waals surface area contributed by atoms with Gasteiger partial charge in [-0.25, -0.2) is 9.19 Å². The molecule has 2 rings (SSSR count). The third-order valence-corrected chi connectivity index (χ3v) is 3.93. The van der Waals surface area contributed by atoms with Crippen molar-refractivity contribution >= 4 is 17.0 Å². The number of rotatable bonds is 7. The maximum Gasteiger partial charge on any atom is 0.252 e. The summed E-state index contributed by atoms with van der Waals surface area (Å²) in [6.07, 6.45) is 2.38. The van der Waals surface area contributed by atoms with E-state index in [1.807, 2.05) is 0 Å². The molecule has 1 aromatic carbocycles. The van der Waals surface area contributed by atoms with Gasteiger partial charge in [-0.3, -0.25) is 4.79 Å². The molecule has 2 N–H and O–H groups in total. The summed E-state index contributed by atoms with van der Waals surface area (Å²) in [6.45, 7) is 4.84. The lowest BCUT2D eigenvalue weighted by Gasteiger charge is -2.08. The molecular formula is C17H20N2O4S. The lowest BCUT2D eigenvalue weighted by atomic mass is 10.1. The van der Waals surface area contributed by atoms with Crippen molar-refractivity contribution in [2.75, 3.05) is 6.54 Å². The molecule has 1 atom stereocenters. The van der Waals surface area contributed by atoms with Crippen LogP contribution in [0.3, 0.4) is 0 Å². The van der Waals surface area contributed by atoms with E-state index in [1.54, 1.807) is 24.3 Å². The highest BCUT2D eigenvalue weighted by molar-refractivity contribution is 7.79. The van der Waals surface area contributed by atoms with E-state index < -0.39 is 11.1 Å². The summed E-state index contributed by atoms with van der Waals surface area (Å²) in [6, 6.07) is 9.42. The highest BCUT2D eigenvalue weighted by atomic mass is 32.2. The Labute approximate surface area is 143 Å². The molecule has 1 amide bonds. The summed E-state index contributed by atoms with van der Waals surface area (Å²) in [4.78, 5) is 16.4. The number of nitrogens with one attached hydrogen (secondary N) is 1. The van der Waals surface area contributed by atoms with Crippen molar-refractivity contribution in [2.45, 2.75) is 25.2 Å². The smallest absolute Gasteiger partial charge is 0.252 e. The Balaban J connectivity index is 1.94. The highest BCUT2D eigenvalue weighted by Gasteiger charge is 2.07. The molecule has 128 valence electrons. The van der Waals surface area contributed by atoms with E-state index in [-0.39, 0.29) is 5.91 Å². The van der Waals surface area contributed by atoms with Crippen molar-refractivity contribution in [1.29, 1.82) is 0 Å². The molecule has 0 radical (unpaired) electrons.